The summed E-state index contributed by atoms with van der Waals surface area (Å²) >= 11 is 12.0. The third-order valence-corrected chi connectivity index (χ3v) is 3.28. The SMILES string of the molecule is CCCNC1COc2c1ccc(Cl)c2Cl. The quantitative estimate of drug-likeness (QED) is 0.882. The normalized spacial score (nSPS) is 18.7. The molecule has 1 aromatic carbocycles. The maximum absolute atomic E-state index is 6.05. The highest BCUT2D eigenvalue weighted by molar-refractivity contribution is 6.43. The number of fused-ring (bicyclic) bond motifs is 1. The van der Waals surface area contributed by atoms with Gasteiger partial charge in [0.25, 0.3) is 0 Å². The van der Waals surface area contributed by atoms with Gasteiger partial charge < -0.3 is 10.1 Å². The molecule has 0 amide bonds. The van der Waals surface area contributed by atoms with Crippen LogP contribution in [0.2, 0.25) is 10.0 Å². The molecule has 0 fully saturated rings. The Hall–Kier alpha value is -0.440. The highest BCUT2D eigenvalue weighted by atomic mass is 35.5. The zero-order valence-corrected chi connectivity index (χ0v) is 10.0. The second kappa shape index (κ2) is 4.60. The molecule has 0 radical (unpaired) electrons. The molecule has 1 aliphatic heterocycles. The zero-order chi connectivity index (χ0) is 10.8. The summed E-state index contributed by atoms with van der Waals surface area (Å²) in [5.41, 5.74) is 1.11. The van der Waals surface area contributed by atoms with E-state index in [1.807, 2.05) is 12.1 Å². The van der Waals surface area contributed by atoms with Gasteiger partial charge in [0.15, 0.2) is 0 Å². The van der Waals surface area contributed by atoms with E-state index in [1.165, 1.54) is 0 Å². The van der Waals surface area contributed by atoms with Crippen molar-refractivity contribution in [3.8, 4) is 5.75 Å². The summed E-state index contributed by atoms with van der Waals surface area (Å²) in [4.78, 5) is 0. The monoisotopic (exact) mass is 245 g/mol. The van der Waals surface area contributed by atoms with Gasteiger partial charge >= 0.3 is 0 Å². The van der Waals surface area contributed by atoms with Crippen molar-refractivity contribution in [2.24, 2.45) is 0 Å². The van der Waals surface area contributed by atoms with E-state index in [-0.39, 0.29) is 6.04 Å². The summed E-state index contributed by atoms with van der Waals surface area (Å²) in [6, 6.07) is 4.04. The Morgan fingerprint density at radius 2 is 2.27 bits per heavy atom. The minimum atomic E-state index is 0.245. The third-order valence-electron chi connectivity index (χ3n) is 2.49. The van der Waals surface area contributed by atoms with Crippen LogP contribution in [0.3, 0.4) is 0 Å². The van der Waals surface area contributed by atoms with Crippen LogP contribution in [-0.2, 0) is 0 Å². The molecule has 2 nitrogen and oxygen atoms in total. The molecule has 15 heavy (non-hydrogen) atoms. The predicted octanol–water partition coefficient (Wildman–Crippen LogP) is 3.43. The Labute approximate surface area is 99.5 Å². The smallest absolute Gasteiger partial charge is 0.144 e. The maximum Gasteiger partial charge on any atom is 0.144 e. The van der Waals surface area contributed by atoms with Gasteiger partial charge in [0.2, 0.25) is 0 Å². The summed E-state index contributed by atoms with van der Waals surface area (Å²) in [7, 11) is 0. The van der Waals surface area contributed by atoms with Crippen molar-refractivity contribution in [1.29, 1.82) is 0 Å². The van der Waals surface area contributed by atoms with Crippen LogP contribution in [0.1, 0.15) is 24.9 Å². The average Bonchev–Trinajstić information content (AvgIpc) is 2.64. The molecule has 1 heterocycles. The van der Waals surface area contributed by atoms with E-state index in [2.05, 4.69) is 12.2 Å². The first-order valence-corrected chi connectivity index (χ1v) is 5.83. The van der Waals surface area contributed by atoms with Gasteiger partial charge in [-0.2, -0.15) is 0 Å². The fourth-order valence-electron chi connectivity index (χ4n) is 1.71. The lowest BCUT2D eigenvalue weighted by Gasteiger charge is -2.10. The number of halogens is 2. The lowest BCUT2D eigenvalue weighted by atomic mass is 10.1. The van der Waals surface area contributed by atoms with Gasteiger partial charge in [0.1, 0.15) is 17.4 Å². The van der Waals surface area contributed by atoms with Gasteiger partial charge in [-0.1, -0.05) is 36.2 Å². The van der Waals surface area contributed by atoms with E-state index >= 15 is 0 Å². The van der Waals surface area contributed by atoms with Gasteiger partial charge in [0, 0.05) is 5.56 Å². The standard InChI is InChI=1S/C11H13Cl2NO/c1-2-5-14-9-6-15-11-7(9)3-4-8(12)10(11)13/h3-4,9,14H,2,5-6H2,1H3. The fourth-order valence-corrected chi connectivity index (χ4v) is 2.09. The largest absolute Gasteiger partial charge is 0.490 e. The van der Waals surface area contributed by atoms with Gasteiger partial charge in [-0.3, -0.25) is 0 Å². The van der Waals surface area contributed by atoms with Crippen molar-refractivity contribution in [2.45, 2.75) is 19.4 Å². The van der Waals surface area contributed by atoms with Crippen LogP contribution in [0.25, 0.3) is 0 Å². The van der Waals surface area contributed by atoms with Crippen molar-refractivity contribution in [3.05, 3.63) is 27.7 Å². The van der Waals surface area contributed by atoms with Crippen LogP contribution >= 0.6 is 23.2 Å². The highest BCUT2D eigenvalue weighted by Gasteiger charge is 2.26. The second-order valence-corrected chi connectivity index (χ2v) is 4.38. The van der Waals surface area contributed by atoms with Crippen molar-refractivity contribution in [2.75, 3.05) is 13.2 Å². The number of ether oxygens (including phenoxy) is 1. The van der Waals surface area contributed by atoms with E-state index in [0.29, 0.717) is 16.7 Å². The molecular weight excluding hydrogens is 233 g/mol. The van der Waals surface area contributed by atoms with Crippen molar-refractivity contribution < 1.29 is 4.74 Å². The number of hydrogen-bond donors (Lipinski definition) is 1. The van der Waals surface area contributed by atoms with Crippen LogP contribution in [0.5, 0.6) is 5.75 Å². The van der Waals surface area contributed by atoms with E-state index < -0.39 is 0 Å². The van der Waals surface area contributed by atoms with E-state index in [0.717, 1.165) is 24.3 Å². The summed E-state index contributed by atoms with van der Waals surface area (Å²) in [5.74, 6) is 0.734. The van der Waals surface area contributed by atoms with Crippen LogP contribution in [0.15, 0.2) is 12.1 Å². The molecule has 1 unspecified atom stereocenters. The molecule has 0 spiro atoms. The first-order valence-electron chi connectivity index (χ1n) is 5.08. The zero-order valence-electron chi connectivity index (χ0n) is 8.52. The molecule has 4 heteroatoms. The molecule has 1 atom stereocenters. The fraction of sp³-hybridized carbons (Fsp3) is 0.455. The van der Waals surface area contributed by atoms with Crippen LogP contribution in [0.4, 0.5) is 0 Å². The molecule has 1 aromatic rings. The number of hydrogen-bond acceptors (Lipinski definition) is 2. The number of rotatable bonds is 3. The molecule has 0 aliphatic carbocycles. The van der Waals surface area contributed by atoms with Crippen molar-refractivity contribution in [3.63, 3.8) is 0 Å². The van der Waals surface area contributed by atoms with Gasteiger partial charge in [-0.05, 0) is 19.0 Å². The topological polar surface area (TPSA) is 21.3 Å². The minimum Gasteiger partial charge on any atom is -0.490 e. The van der Waals surface area contributed by atoms with Gasteiger partial charge in [-0.15, -0.1) is 0 Å². The number of benzene rings is 1. The first kappa shape index (κ1) is 11.1. The Kier molecular flexibility index (Phi) is 3.39. The highest BCUT2D eigenvalue weighted by Crippen LogP contribution is 2.41. The Morgan fingerprint density at radius 1 is 1.47 bits per heavy atom. The summed E-state index contributed by atoms with van der Waals surface area (Å²) in [6.07, 6.45) is 1.10. The van der Waals surface area contributed by atoms with Gasteiger partial charge in [-0.25, -0.2) is 0 Å². The van der Waals surface area contributed by atoms with E-state index in [1.54, 1.807) is 0 Å². The summed E-state index contributed by atoms with van der Waals surface area (Å²) in [6.45, 7) is 3.75. The Bertz CT molecular complexity index is 368. The van der Waals surface area contributed by atoms with E-state index in [4.69, 9.17) is 27.9 Å². The molecule has 2 rings (SSSR count). The Balaban J connectivity index is 2.24. The Morgan fingerprint density at radius 3 is 3.00 bits per heavy atom. The molecule has 1 N–H and O–H groups in total. The number of nitrogens with one attached hydrogen (secondary N) is 1. The van der Waals surface area contributed by atoms with Crippen LogP contribution in [-0.4, -0.2) is 13.2 Å². The average molecular weight is 246 g/mol. The predicted molar refractivity (Wildman–Crippen MR) is 63.0 cm³/mol. The van der Waals surface area contributed by atoms with Crippen LogP contribution < -0.4 is 10.1 Å². The molecule has 0 bridgehead atoms. The molecule has 0 saturated heterocycles. The maximum atomic E-state index is 6.05. The molecule has 0 aromatic heterocycles. The molecule has 1 aliphatic rings. The van der Waals surface area contributed by atoms with Gasteiger partial charge in [0.05, 0.1) is 11.1 Å². The third kappa shape index (κ3) is 2.07. The molecular formula is C11H13Cl2NO. The van der Waals surface area contributed by atoms with Crippen molar-refractivity contribution >= 4 is 23.2 Å². The first-order chi connectivity index (χ1) is 7.24. The summed E-state index contributed by atoms with van der Waals surface area (Å²) in [5, 5.41) is 4.48. The summed E-state index contributed by atoms with van der Waals surface area (Å²) < 4.78 is 5.54. The molecule has 82 valence electrons. The lowest BCUT2D eigenvalue weighted by Crippen LogP contribution is -2.22. The second-order valence-electron chi connectivity index (χ2n) is 3.60. The minimum absolute atomic E-state index is 0.245. The van der Waals surface area contributed by atoms with Crippen LogP contribution in [0, 0.1) is 0 Å². The lowest BCUT2D eigenvalue weighted by molar-refractivity contribution is 0.311. The van der Waals surface area contributed by atoms with Crippen molar-refractivity contribution in [1.82, 2.24) is 5.32 Å². The van der Waals surface area contributed by atoms with E-state index in [9.17, 15) is 0 Å². The molecule has 0 saturated carbocycles.